The third-order valence-electron chi connectivity index (χ3n) is 5.78. The minimum atomic E-state index is -1.03. The van der Waals surface area contributed by atoms with Crippen molar-refractivity contribution in [2.45, 2.75) is 50.9 Å². The van der Waals surface area contributed by atoms with Crippen molar-refractivity contribution >= 4 is 40.8 Å². The highest BCUT2D eigenvalue weighted by Gasteiger charge is 2.33. The molecular weight excluding hydrogens is 509 g/mol. The van der Waals surface area contributed by atoms with Crippen molar-refractivity contribution < 1.29 is 29.3 Å². The first-order chi connectivity index (χ1) is 17.3. The van der Waals surface area contributed by atoms with Gasteiger partial charge in [-0.15, -0.1) is 0 Å². The average Bonchev–Trinajstić information content (AvgIpc) is 3.20. The number of nitrogens with zero attached hydrogens (tertiary/aromatic N) is 2. The van der Waals surface area contributed by atoms with Gasteiger partial charge in [-0.25, -0.2) is 4.98 Å². The molecule has 1 amide bonds. The Morgan fingerprint density at radius 3 is 2.33 bits per heavy atom. The first-order valence-corrected chi connectivity index (χ1v) is 12.1. The molecule has 1 aliphatic heterocycles. The number of aliphatic carboxylic acids is 1. The Kier molecular flexibility index (Phi) is 8.60. The van der Waals surface area contributed by atoms with E-state index in [0.29, 0.717) is 23.8 Å². The van der Waals surface area contributed by atoms with Gasteiger partial charge in [0.15, 0.2) is 11.4 Å². The number of nitrogens with one attached hydrogen (secondary N) is 1. The minimum Gasteiger partial charge on any atom is -0.481 e. The Labute approximate surface area is 217 Å². The summed E-state index contributed by atoms with van der Waals surface area (Å²) in [4.78, 5) is 26.6. The molecule has 9 nitrogen and oxygen atoms in total. The van der Waals surface area contributed by atoms with E-state index in [1.165, 1.54) is 0 Å². The predicted octanol–water partition coefficient (Wildman–Crippen LogP) is 4.73. The zero-order valence-corrected chi connectivity index (χ0v) is 20.7. The number of rotatable bonds is 9. The number of imidazole rings is 1. The number of carboxylic acid groups (broad SMARTS) is 1. The molecule has 0 unspecified atom stereocenters. The molecule has 11 heteroatoms. The SMILES string of the molecule is O=C(O)CCC(=O)Nc1ccc([C@@H]2O[C@H](Cn3cnc(Cl)c3Cl)C[C@H](c3ccc(CO)cc3)O2)cc1. The van der Waals surface area contributed by atoms with Crippen LogP contribution < -0.4 is 5.32 Å². The number of halogens is 2. The maximum atomic E-state index is 11.9. The van der Waals surface area contributed by atoms with E-state index in [1.807, 2.05) is 24.3 Å². The smallest absolute Gasteiger partial charge is 0.303 e. The lowest BCUT2D eigenvalue weighted by Crippen LogP contribution is -2.32. The molecule has 2 aromatic carbocycles. The van der Waals surface area contributed by atoms with Gasteiger partial charge in [-0.05, 0) is 23.3 Å². The third kappa shape index (κ3) is 6.63. The van der Waals surface area contributed by atoms with E-state index >= 15 is 0 Å². The van der Waals surface area contributed by atoms with E-state index in [0.717, 1.165) is 16.7 Å². The van der Waals surface area contributed by atoms with Gasteiger partial charge in [-0.3, -0.25) is 9.59 Å². The lowest BCUT2D eigenvalue weighted by atomic mass is 10.00. The number of aliphatic hydroxyl groups excluding tert-OH is 1. The van der Waals surface area contributed by atoms with Crippen molar-refractivity contribution in [1.29, 1.82) is 0 Å². The Bertz CT molecular complexity index is 1200. The first kappa shape index (κ1) is 26.1. The summed E-state index contributed by atoms with van der Waals surface area (Å²) in [5, 5.41) is 21.3. The van der Waals surface area contributed by atoms with E-state index < -0.39 is 12.3 Å². The van der Waals surface area contributed by atoms with E-state index in [2.05, 4.69) is 10.3 Å². The second-order valence-electron chi connectivity index (χ2n) is 8.39. The molecule has 190 valence electrons. The number of benzene rings is 2. The van der Waals surface area contributed by atoms with Crippen molar-refractivity contribution in [2.75, 3.05) is 5.32 Å². The van der Waals surface area contributed by atoms with Crippen LogP contribution in [0, 0.1) is 0 Å². The van der Waals surface area contributed by atoms with Crippen molar-refractivity contribution in [3.63, 3.8) is 0 Å². The fourth-order valence-electron chi connectivity index (χ4n) is 3.89. The normalized spacial score (nSPS) is 19.7. The first-order valence-electron chi connectivity index (χ1n) is 11.3. The van der Waals surface area contributed by atoms with Crippen LogP contribution >= 0.6 is 23.2 Å². The molecule has 36 heavy (non-hydrogen) atoms. The fraction of sp³-hybridized carbons (Fsp3) is 0.320. The number of carbonyl (C=O) groups is 2. The number of carboxylic acids is 1. The molecule has 0 saturated carbocycles. The van der Waals surface area contributed by atoms with Crippen molar-refractivity contribution in [3.8, 4) is 0 Å². The van der Waals surface area contributed by atoms with Crippen LogP contribution in [0.1, 0.15) is 48.3 Å². The van der Waals surface area contributed by atoms with Gasteiger partial charge in [-0.2, -0.15) is 0 Å². The predicted molar refractivity (Wildman–Crippen MR) is 133 cm³/mol. The largest absolute Gasteiger partial charge is 0.481 e. The van der Waals surface area contributed by atoms with Crippen LogP contribution in [-0.4, -0.2) is 37.7 Å². The maximum absolute atomic E-state index is 11.9. The number of amides is 1. The summed E-state index contributed by atoms with van der Waals surface area (Å²) < 4.78 is 14.3. The van der Waals surface area contributed by atoms with Crippen molar-refractivity contribution in [2.24, 2.45) is 0 Å². The maximum Gasteiger partial charge on any atom is 0.303 e. The van der Waals surface area contributed by atoms with Crippen LogP contribution in [0.4, 0.5) is 5.69 Å². The summed E-state index contributed by atoms with van der Waals surface area (Å²) in [6.07, 6.45) is 0.525. The van der Waals surface area contributed by atoms with Crippen LogP contribution in [0.3, 0.4) is 0 Å². The average molecular weight is 534 g/mol. The quantitative estimate of drug-likeness (QED) is 0.363. The molecule has 2 heterocycles. The van der Waals surface area contributed by atoms with Gasteiger partial charge in [-0.1, -0.05) is 59.6 Å². The van der Waals surface area contributed by atoms with Gasteiger partial charge in [0.2, 0.25) is 5.91 Å². The lowest BCUT2D eigenvalue weighted by molar-refractivity contribution is -0.252. The van der Waals surface area contributed by atoms with E-state index in [-0.39, 0.29) is 42.7 Å². The van der Waals surface area contributed by atoms with Crippen LogP contribution in [0.15, 0.2) is 54.9 Å². The highest BCUT2D eigenvalue weighted by Crippen LogP contribution is 2.39. The number of hydrogen-bond acceptors (Lipinski definition) is 6. The van der Waals surface area contributed by atoms with Gasteiger partial charge in [0, 0.05) is 24.1 Å². The molecule has 1 aliphatic rings. The zero-order valence-electron chi connectivity index (χ0n) is 19.1. The van der Waals surface area contributed by atoms with E-state index in [9.17, 15) is 14.7 Å². The molecule has 0 spiro atoms. The standard InChI is InChI=1S/C25H25Cl2N3O6/c26-23-24(27)30(14-28-23)12-19-11-20(16-3-1-15(13-31)2-4-16)36-25(35-19)17-5-7-18(8-6-17)29-21(32)9-10-22(33)34/h1-8,14,19-20,25,31H,9-13H2,(H,29,32)(H,33,34)/t19-,20+,25+/m0/s1. The Balaban J connectivity index is 1.51. The molecule has 0 bridgehead atoms. The van der Waals surface area contributed by atoms with E-state index in [4.69, 9.17) is 37.8 Å². The molecule has 1 saturated heterocycles. The minimum absolute atomic E-state index is 0.0424. The number of anilines is 1. The summed E-state index contributed by atoms with van der Waals surface area (Å²) in [6, 6.07) is 14.5. The molecular formula is C25H25Cl2N3O6. The highest BCUT2D eigenvalue weighted by molar-refractivity contribution is 6.40. The number of aliphatic hydroxyl groups is 1. The lowest BCUT2D eigenvalue weighted by Gasteiger charge is -2.36. The highest BCUT2D eigenvalue weighted by atomic mass is 35.5. The van der Waals surface area contributed by atoms with Gasteiger partial charge < -0.3 is 29.6 Å². The van der Waals surface area contributed by atoms with Crippen molar-refractivity contribution in [1.82, 2.24) is 9.55 Å². The summed E-state index contributed by atoms with van der Waals surface area (Å²) >= 11 is 12.3. The molecule has 0 radical (unpaired) electrons. The molecule has 4 rings (SSSR count). The van der Waals surface area contributed by atoms with Gasteiger partial charge >= 0.3 is 5.97 Å². The van der Waals surface area contributed by atoms with Crippen molar-refractivity contribution in [3.05, 3.63) is 81.9 Å². The van der Waals surface area contributed by atoms with Gasteiger partial charge in [0.1, 0.15) is 5.15 Å². The van der Waals surface area contributed by atoms with Gasteiger partial charge in [0.05, 0.1) is 38.1 Å². The molecule has 0 aliphatic carbocycles. The van der Waals surface area contributed by atoms with Crippen LogP contribution in [-0.2, 0) is 32.2 Å². The number of aromatic nitrogens is 2. The Morgan fingerprint density at radius 2 is 1.72 bits per heavy atom. The summed E-state index contributed by atoms with van der Waals surface area (Å²) in [6.45, 7) is 0.376. The van der Waals surface area contributed by atoms with Gasteiger partial charge in [0.25, 0.3) is 0 Å². The Morgan fingerprint density at radius 1 is 1.03 bits per heavy atom. The number of hydrogen-bond donors (Lipinski definition) is 3. The third-order valence-corrected chi connectivity index (χ3v) is 6.55. The molecule has 1 aromatic heterocycles. The summed E-state index contributed by atoms with van der Waals surface area (Å²) in [5.74, 6) is -1.40. The van der Waals surface area contributed by atoms with Crippen LogP contribution in [0.5, 0.6) is 0 Å². The summed E-state index contributed by atoms with van der Waals surface area (Å²) in [5.41, 5.74) is 3.04. The van der Waals surface area contributed by atoms with Crippen LogP contribution in [0.25, 0.3) is 0 Å². The topological polar surface area (TPSA) is 123 Å². The molecule has 3 N–H and O–H groups in total. The number of ether oxygens (including phenoxy) is 2. The molecule has 3 atom stereocenters. The second-order valence-corrected chi connectivity index (χ2v) is 9.11. The molecule has 1 fully saturated rings. The Hall–Kier alpha value is -2.95. The molecule has 3 aromatic rings. The fourth-order valence-corrected chi connectivity index (χ4v) is 4.20. The monoisotopic (exact) mass is 533 g/mol. The summed E-state index contributed by atoms with van der Waals surface area (Å²) in [7, 11) is 0. The zero-order chi connectivity index (χ0) is 25.7. The number of carbonyl (C=O) groups excluding carboxylic acids is 1. The second kappa shape index (κ2) is 11.9. The van der Waals surface area contributed by atoms with E-state index in [1.54, 1.807) is 35.2 Å². The van der Waals surface area contributed by atoms with Crippen LogP contribution in [0.2, 0.25) is 10.3 Å².